The van der Waals surface area contributed by atoms with E-state index in [4.69, 9.17) is 4.74 Å². The number of benzene rings is 2. The molecular formula is C25H23N5O2. The summed E-state index contributed by atoms with van der Waals surface area (Å²) in [5.74, 6) is 1.82. The second-order valence-corrected chi connectivity index (χ2v) is 6.99. The van der Waals surface area contributed by atoms with Crippen molar-refractivity contribution in [2.24, 2.45) is 0 Å². The fourth-order valence-electron chi connectivity index (χ4n) is 3.06. The fraction of sp³-hybridized carbons (Fsp3) is 0.120. The number of aromatic nitrogens is 3. The summed E-state index contributed by atoms with van der Waals surface area (Å²) in [5, 5.41) is 5.65. The minimum Gasteiger partial charge on any atom is -0.438 e. The molecule has 0 atom stereocenters. The molecule has 0 spiro atoms. The number of pyridine rings is 1. The number of nitrogens with zero attached hydrogens (tertiary/aromatic N) is 3. The molecule has 2 heterocycles. The largest absolute Gasteiger partial charge is 0.438 e. The summed E-state index contributed by atoms with van der Waals surface area (Å²) in [5.41, 5.74) is 3.24. The van der Waals surface area contributed by atoms with Crippen LogP contribution in [0.3, 0.4) is 0 Å². The number of nitrogens with one attached hydrogen (secondary N) is 2. The smallest absolute Gasteiger partial charge is 0.319 e. The number of rotatable bonds is 7. The Morgan fingerprint density at radius 1 is 0.906 bits per heavy atom. The van der Waals surface area contributed by atoms with Gasteiger partial charge in [0.2, 0.25) is 5.88 Å². The Bertz CT molecular complexity index is 1180. The topological polar surface area (TPSA) is 89.0 Å². The van der Waals surface area contributed by atoms with Gasteiger partial charge in [-0.3, -0.25) is 0 Å². The van der Waals surface area contributed by atoms with Crippen LogP contribution in [0, 0.1) is 0 Å². The summed E-state index contributed by atoms with van der Waals surface area (Å²) < 4.78 is 6.00. The van der Waals surface area contributed by atoms with E-state index >= 15 is 0 Å². The molecule has 0 bridgehead atoms. The van der Waals surface area contributed by atoms with Crippen LogP contribution in [0.25, 0.3) is 11.3 Å². The Morgan fingerprint density at radius 2 is 1.72 bits per heavy atom. The van der Waals surface area contributed by atoms with E-state index in [0.29, 0.717) is 23.9 Å². The van der Waals surface area contributed by atoms with Crippen LogP contribution < -0.4 is 15.4 Å². The average Bonchev–Trinajstić information content (AvgIpc) is 2.85. The van der Waals surface area contributed by atoms with Gasteiger partial charge in [-0.1, -0.05) is 37.3 Å². The van der Waals surface area contributed by atoms with Gasteiger partial charge in [-0.2, -0.15) is 0 Å². The summed E-state index contributed by atoms with van der Waals surface area (Å²) in [6.07, 6.45) is 4.16. The molecule has 2 aromatic carbocycles. The van der Waals surface area contributed by atoms with Crippen molar-refractivity contribution in [1.29, 1.82) is 0 Å². The molecule has 0 radical (unpaired) electrons. The second kappa shape index (κ2) is 10.2. The first kappa shape index (κ1) is 21.0. The fourth-order valence-corrected chi connectivity index (χ4v) is 3.06. The number of hydrogen-bond donors (Lipinski definition) is 2. The first-order valence-corrected chi connectivity index (χ1v) is 10.4. The van der Waals surface area contributed by atoms with Crippen molar-refractivity contribution >= 4 is 11.7 Å². The molecule has 0 fully saturated rings. The minimum atomic E-state index is -0.273. The van der Waals surface area contributed by atoms with E-state index in [1.807, 2.05) is 55.5 Å². The zero-order valence-corrected chi connectivity index (χ0v) is 17.7. The molecule has 2 N–H and O–H groups in total. The number of carbonyl (C=O) groups is 1. The molecular weight excluding hydrogens is 402 g/mol. The SMILES string of the molecule is CCc1nccc(-c2cccnc2Oc2ccc(NC(=O)NCc3ccccc3)cc2)n1. The van der Waals surface area contributed by atoms with E-state index in [9.17, 15) is 4.79 Å². The van der Waals surface area contributed by atoms with Crippen molar-refractivity contribution in [3.05, 3.63) is 96.6 Å². The van der Waals surface area contributed by atoms with Gasteiger partial charge >= 0.3 is 6.03 Å². The normalized spacial score (nSPS) is 10.4. The monoisotopic (exact) mass is 425 g/mol. The molecule has 0 aliphatic carbocycles. The van der Waals surface area contributed by atoms with Crippen LogP contribution in [0.4, 0.5) is 10.5 Å². The molecule has 4 aromatic rings. The highest BCUT2D eigenvalue weighted by molar-refractivity contribution is 5.89. The lowest BCUT2D eigenvalue weighted by atomic mass is 10.2. The third kappa shape index (κ3) is 5.46. The molecule has 160 valence electrons. The van der Waals surface area contributed by atoms with E-state index in [1.165, 1.54) is 0 Å². The van der Waals surface area contributed by atoms with Crippen molar-refractivity contribution in [3.63, 3.8) is 0 Å². The minimum absolute atomic E-state index is 0.273. The zero-order valence-electron chi connectivity index (χ0n) is 17.7. The molecule has 0 aliphatic rings. The lowest BCUT2D eigenvalue weighted by Crippen LogP contribution is -2.28. The van der Waals surface area contributed by atoms with Crippen LogP contribution in [0.15, 0.2) is 85.2 Å². The lowest BCUT2D eigenvalue weighted by Gasteiger charge is -2.11. The number of amides is 2. The van der Waals surface area contributed by atoms with Gasteiger partial charge < -0.3 is 15.4 Å². The van der Waals surface area contributed by atoms with Crippen LogP contribution in [-0.4, -0.2) is 21.0 Å². The van der Waals surface area contributed by atoms with Gasteiger partial charge in [0.1, 0.15) is 11.6 Å². The predicted octanol–water partition coefficient (Wildman–Crippen LogP) is 5.22. The molecule has 0 unspecified atom stereocenters. The van der Waals surface area contributed by atoms with Crippen molar-refractivity contribution in [3.8, 4) is 22.9 Å². The van der Waals surface area contributed by atoms with Crippen molar-refractivity contribution in [1.82, 2.24) is 20.3 Å². The summed E-state index contributed by atoms with van der Waals surface area (Å²) in [7, 11) is 0. The second-order valence-electron chi connectivity index (χ2n) is 6.99. The highest BCUT2D eigenvalue weighted by atomic mass is 16.5. The van der Waals surface area contributed by atoms with Crippen LogP contribution in [0.2, 0.25) is 0 Å². The van der Waals surface area contributed by atoms with Gasteiger partial charge in [-0.25, -0.2) is 19.7 Å². The third-order valence-corrected chi connectivity index (χ3v) is 4.69. The molecule has 0 aliphatic heterocycles. The quantitative estimate of drug-likeness (QED) is 0.424. The number of anilines is 1. The summed E-state index contributed by atoms with van der Waals surface area (Å²) in [6, 6.07) is 22.2. The number of carbonyl (C=O) groups excluding carboxylic acids is 1. The number of hydrogen-bond acceptors (Lipinski definition) is 5. The van der Waals surface area contributed by atoms with E-state index in [1.54, 1.807) is 36.7 Å². The third-order valence-electron chi connectivity index (χ3n) is 4.69. The Kier molecular flexibility index (Phi) is 6.67. The van der Waals surface area contributed by atoms with Gasteiger partial charge in [0.25, 0.3) is 0 Å². The molecule has 4 rings (SSSR count). The molecule has 2 amide bonds. The maximum atomic E-state index is 12.1. The molecule has 0 saturated heterocycles. The Hall–Kier alpha value is -4.26. The Morgan fingerprint density at radius 3 is 2.50 bits per heavy atom. The van der Waals surface area contributed by atoms with Crippen molar-refractivity contribution in [2.75, 3.05) is 5.32 Å². The van der Waals surface area contributed by atoms with Gasteiger partial charge in [-0.05, 0) is 48.0 Å². The number of aryl methyl sites for hydroxylation is 1. The molecule has 32 heavy (non-hydrogen) atoms. The van der Waals surface area contributed by atoms with Crippen LogP contribution >= 0.6 is 0 Å². The first-order valence-electron chi connectivity index (χ1n) is 10.4. The van der Waals surface area contributed by atoms with Crippen molar-refractivity contribution < 1.29 is 9.53 Å². The van der Waals surface area contributed by atoms with Gasteiger partial charge in [0.05, 0.1) is 11.3 Å². The summed E-state index contributed by atoms with van der Waals surface area (Å²) >= 11 is 0. The zero-order chi connectivity index (χ0) is 22.2. The van der Waals surface area contributed by atoms with E-state index in [0.717, 1.165) is 29.1 Å². The highest BCUT2D eigenvalue weighted by Crippen LogP contribution is 2.30. The maximum Gasteiger partial charge on any atom is 0.319 e. The molecule has 7 nitrogen and oxygen atoms in total. The van der Waals surface area contributed by atoms with Crippen LogP contribution in [-0.2, 0) is 13.0 Å². The molecule has 2 aromatic heterocycles. The predicted molar refractivity (Wildman–Crippen MR) is 123 cm³/mol. The standard InChI is InChI=1S/C25H23N5O2/c1-2-23-26-16-14-22(30-23)21-9-6-15-27-24(21)32-20-12-10-19(11-13-20)29-25(31)28-17-18-7-4-3-5-8-18/h3-16H,2,17H2,1H3,(H2,28,29,31). The molecule has 0 saturated carbocycles. The Balaban J connectivity index is 1.40. The lowest BCUT2D eigenvalue weighted by molar-refractivity contribution is 0.251. The van der Waals surface area contributed by atoms with E-state index < -0.39 is 0 Å². The number of urea groups is 1. The van der Waals surface area contributed by atoms with Crippen LogP contribution in [0.5, 0.6) is 11.6 Å². The maximum absolute atomic E-state index is 12.1. The van der Waals surface area contributed by atoms with Gasteiger partial charge in [0, 0.05) is 31.0 Å². The summed E-state index contributed by atoms with van der Waals surface area (Å²) in [6.45, 7) is 2.47. The Labute approximate surface area is 186 Å². The highest BCUT2D eigenvalue weighted by Gasteiger charge is 2.11. The average molecular weight is 425 g/mol. The summed E-state index contributed by atoms with van der Waals surface area (Å²) in [4.78, 5) is 25.3. The van der Waals surface area contributed by atoms with E-state index in [2.05, 4.69) is 25.6 Å². The van der Waals surface area contributed by atoms with Crippen molar-refractivity contribution in [2.45, 2.75) is 19.9 Å². The first-order chi connectivity index (χ1) is 15.7. The van der Waals surface area contributed by atoms with Crippen LogP contribution in [0.1, 0.15) is 18.3 Å². The molecule has 7 heteroatoms. The number of ether oxygens (including phenoxy) is 1. The van der Waals surface area contributed by atoms with Gasteiger partial charge in [-0.15, -0.1) is 0 Å². The van der Waals surface area contributed by atoms with E-state index in [-0.39, 0.29) is 6.03 Å². The van der Waals surface area contributed by atoms with Gasteiger partial charge in [0.15, 0.2) is 0 Å².